The third-order valence-corrected chi connectivity index (χ3v) is 4.63. The average Bonchev–Trinajstić information content (AvgIpc) is 3.47. The topological polar surface area (TPSA) is 81.8 Å². The van der Waals surface area contributed by atoms with Crippen molar-refractivity contribution in [3.8, 4) is 11.4 Å². The van der Waals surface area contributed by atoms with Crippen LogP contribution >= 0.6 is 0 Å². The van der Waals surface area contributed by atoms with E-state index in [2.05, 4.69) is 15.4 Å². The molecule has 1 amide bonds. The van der Waals surface area contributed by atoms with Crippen molar-refractivity contribution in [2.75, 3.05) is 6.54 Å². The third-order valence-electron chi connectivity index (χ3n) is 4.63. The van der Waals surface area contributed by atoms with Gasteiger partial charge in [0.25, 0.3) is 5.91 Å². The number of nitrogens with zero attached hydrogens (tertiary/aromatic N) is 4. The lowest BCUT2D eigenvalue weighted by Gasteiger charge is -2.05. The van der Waals surface area contributed by atoms with E-state index >= 15 is 0 Å². The standard InChI is InChI=1S/C20H21N5O2/c1-14-4-6-15(7-5-14)19(26)22-11-12-24-20(27)25(17-8-9-17)18(23-24)16-3-2-10-21-13-16/h2-7,10,13,17H,8-9,11-12H2,1H3,(H,22,26). The zero-order valence-corrected chi connectivity index (χ0v) is 15.1. The molecule has 1 aromatic carbocycles. The number of hydrogen-bond donors (Lipinski definition) is 1. The van der Waals surface area contributed by atoms with Gasteiger partial charge in [-0.3, -0.25) is 14.3 Å². The minimum absolute atomic E-state index is 0.138. The highest BCUT2D eigenvalue weighted by atomic mass is 16.2. The molecule has 0 bridgehead atoms. The highest BCUT2D eigenvalue weighted by Gasteiger charge is 2.30. The molecule has 1 N–H and O–H groups in total. The summed E-state index contributed by atoms with van der Waals surface area (Å²) in [7, 11) is 0. The van der Waals surface area contributed by atoms with Gasteiger partial charge in [-0.2, -0.15) is 0 Å². The second kappa shape index (κ2) is 7.19. The molecule has 1 aliphatic rings. The molecule has 2 aromatic heterocycles. The van der Waals surface area contributed by atoms with Gasteiger partial charge >= 0.3 is 5.69 Å². The lowest BCUT2D eigenvalue weighted by molar-refractivity contribution is 0.0952. The van der Waals surface area contributed by atoms with Gasteiger partial charge in [0.2, 0.25) is 0 Å². The highest BCUT2D eigenvalue weighted by Crippen LogP contribution is 2.36. The number of aromatic nitrogens is 4. The first-order valence-corrected chi connectivity index (χ1v) is 9.08. The van der Waals surface area contributed by atoms with Gasteiger partial charge in [0, 0.05) is 36.1 Å². The Morgan fingerprint density at radius 2 is 2.00 bits per heavy atom. The zero-order chi connectivity index (χ0) is 18.8. The van der Waals surface area contributed by atoms with Crippen molar-refractivity contribution in [2.45, 2.75) is 32.4 Å². The largest absolute Gasteiger partial charge is 0.350 e. The van der Waals surface area contributed by atoms with Crippen molar-refractivity contribution in [1.29, 1.82) is 0 Å². The third kappa shape index (κ3) is 3.67. The molecule has 0 spiro atoms. The van der Waals surface area contributed by atoms with E-state index in [-0.39, 0.29) is 17.6 Å². The van der Waals surface area contributed by atoms with Crippen LogP contribution in [0.3, 0.4) is 0 Å². The van der Waals surface area contributed by atoms with Crippen LogP contribution in [0, 0.1) is 6.92 Å². The fraction of sp³-hybridized carbons (Fsp3) is 0.300. The SMILES string of the molecule is Cc1ccc(C(=O)NCCn2nc(-c3cccnc3)n(C3CC3)c2=O)cc1. The molecule has 0 radical (unpaired) electrons. The summed E-state index contributed by atoms with van der Waals surface area (Å²) in [6.45, 7) is 2.63. The summed E-state index contributed by atoms with van der Waals surface area (Å²) in [4.78, 5) is 29.1. The Morgan fingerprint density at radius 3 is 2.67 bits per heavy atom. The molecule has 27 heavy (non-hydrogen) atoms. The van der Waals surface area contributed by atoms with Crippen LogP contribution in [0.2, 0.25) is 0 Å². The number of aryl methyl sites for hydroxylation is 1. The smallest absolute Gasteiger partial charge is 0.346 e. The fourth-order valence-corrected chi connectivity index (χ4v) is 3.00. The maximum atomic E-state index is 12.8. The van der Waals surface area contributed by atoms with Gasteiger partial charge in [-0.05, 0) is 44.0 Å². The van der Waals surface area contributed by atoms with Gasteiger partial charge in [-0.1, -0.05) is 17.7 Å². The number of carbonyl (C=O) groups excluding carboxylic acids is 1. The first-order valence-electron chi connectivity index (χ1n) is 9.08. The number of carbonyl (C=O) groups is 1. The summed E-state index contributed by atoms with van der Waals surface area (Å²) in [5.74, 6) is 0.484. The van der Waals surface area contributed by atoms with Crippen LogP contribution in [-0.4, -0.2) is 31.8 Å². The van der Waals surface area contributed by atoms with Crippen molar-refractivity contribution in [2.24, 2.45) is 0 Å². The Balaban J connectivity index is 1.49. The van der Waals surface area contributed by atoms with E-state index in [1.165, 1.54) is 4.68 Å². The number of hydrogen-bond acceptors (Lipinski definition) is 4. The quantitative estimate of drug-likeness (QED) is 0.728. The molecule has 0 unspecified atom stereocenters. The van der Waals surface area contributed by atoms with E-state index in [0.717, 1.165) is 24.0 Å². The van der Waals surface area contributed by atoms with Crippen LogP contribution in [0.5, 0.6) is 0 Å². The normalized spacial score (nSPS) is 13.5. The monoisotopic (exact) mass is 363 g/mol. The van der Waals surface area contributed by atoms with Gasteiger partial charge in [0.15, 0.2) is 5.82 Å². The Kier molecular flexibility index (Phi) is 4.58. The summed E-state index contributed by atoms with van der Waals surface area (Å²) in [5, 5.41) is 7.35. The van der Waals surface area contributed by atoms with E-state index in [1.54, 1.807) is 29.1 Å². The van der Waals surface area contributed by atoms with Gasteiger partial charge in [0.1, 0.15) is 0 Å². The van der Waals surface area contributed by atoms with Gasteiger partial charge in [0.05, 0.1) is 6.54 Å². The van der Waals surface area contributed by atoms with E-state index in [0.29, 0.717) is 24.5 Å². The van der Waals surface area contributed by atoms with Crippen LogP contribution in [0.4, 0.5) is 0 Å². The predicted octanol–water partition coefficient (Wildman–Crippen LogP) is 2.18. The molecule has 7 heteroatoms. The molecule has 0 aliphatic heterocycles. The Morgan fingerprint density at radius 1 is 1.22 bits per heavy atom. The number of rotatable bonds is 6. The Hall–Kier alpha value is -3.22. The van der Waals surface area contributed by atoms with Crippen molar-refractivity contribution >= 4 is 5.91 Å². The number of pyridine rings is 1. The molecule has 4 rings (SSSR count). The molecule has 2 heterocycles. The second-order valence-corrected chi connectivity index (χ2v) is 6.79. The highest BCUT2D eigenvalue weighted by molar-refractivity contribution is 5.94. The average molecular weight is 363 g/mol. The van der Waals surface area contributed by atoms with Crippen LogP contribution in [0.1, 0.15) is 34.8 Å². The van der Waals surface area contributed by atoms with Crippen LogP contribution in [0.15, 0.2) is 53.6 Å². The first kappa shape index (κ1) is 17.2. The number of amides is 1. The Bertz CT molecular complexity index is 1000. The maximum absolute atomic E-state index is 12.8. The molecule has 138 valence electrons. The molecule has 0 atom stereocenters. The second-order valence-electron chi connectivity index (χ2n) is 6.79. The van der Waals surface area contributed by atoms with Crippen LogP contribution < -0.4 is 11.0 Å². The number of nitrogens with one attached hydrogen (secondary N) is 1. The summed E-state index contributed by atoms with van der Waals surface area (Å²) in [6.07, 6.45) is 5.39. The van der Waals surface area contributed by atoms with Gasteiger partial charge < -0.3 is 5.32 Å². The molecule has 1 fully saturated rings. The van der Waals surface area contributed by atoms with Crippen molar-refractivity contribution in [3.05, 3.63) is 70.4 Å². The van der Waals surface area contributed by atoms with Crippen LogP contribution in [-0.2, 0) is 6.54 Å². The van der Waals surface area contributed by atoms with Crippen molar-refractivity contribution in [1.82, 2.24) is 24.6 Å². The van der Waals surface area contributed by atoms with E-state index < -0.39 is 0 Å². The van der Waals surface area contributed by atoms with E-state index in [4.69, 9.17) is 0 Å². The van der Waals surface area contributed by atoms with Gasteiger partial charge in [-0.15, -0.1) is 5.10 Å². The summed E-state index contributed by atoms with van der Waals surface area (Å²) < 4.78 is 3.18. The summed E-state index contributed by atoms with van der Waals surface area (Å²) >= 11 is 0. The molecule has 0 saturated heterocycles. The van der Waals surface area contributed by atoms with E-state index in [1.807, 2.05) is 31.2 Å². The van der Waals surface area contributed by atoms with Crippen molar-refractivity contribution < 1.29 is 4.79 Å². The maximum Gasteiger partial charge on any atom is 0.346 e. The lowest BCUT2D eigenvalue weighted by atomic mass is 10.1. The van der Waals surface area contributed by atoms with Gasteiger partial charge in [-0.25, -0.2) is 9.48 Å². The molecule has 7 nitrogen and oxygen atoms in total. The zero-order valence-electron chi connectivity index (χ0n) is 15.1. The predicted molar refractivity (Wildman–Crippen MR) is 102 cm³/mol. The van der Waals surface area contributed by atoms with E-state index in [9.17, 15) is 9.59 Å². The number of benzene rings is 1. The molecule has 1 aliphatic carbocycles. The molecular weight excluding hydrogens is 342 g/mol. The molecule has 1 saturated carbocycles. The van der Waals surface area contributed by atoms with Crippen molar-refractivity contribution in [3.63, 3.8) is 0 Å². The minimum atomic E-state index is -0.155. The molecule has 3 aromatic rings. The summed E-state index contributed by atoms with van der Waals surface area (Å²) in [6, 6.07) is 11.3. The first-order chi connectivity index (χ1) is 13.1. The fourth-order valence-electron chi connectivity index (χ4n) is 3.00. The minimum Gasteiger partial charge on any atom is -0.350 e. The summed E-state index contributed by atoms with van der Waals surface area (Å²) in [5.41, 5.74) is 2.39. The Labute approximate surface area is 156 Å². The van der Waals surface area contributed by atoms with Crippen LogP contribution in [0.25, 0.3) is 11.4 Å². The molecular formula is C20H21N5O2. The lowest BCUT2D eigenvalue weighted by Crippen LogP contribution is -2.32.